The van der Waals surface area contributed by atoms with Crippen LogP contribution in [0, 0.1) is 0 Å². The van der Waals surface area contributed by atoms with Crippen molar-refractivity contribution in [1.82, 2.24) is 9.88 Å². The van der Waals surface area contributed by atoms with Gasteiger partial charge in [0.05, 0.1) is 17.9 Å². The summed E-state index contributed by atoms with van der Waals surface area (Å²) in [6.45, 7) is 3.14. The van der Waals surface area contributed by atoms with Gasteiger partial charge in [0.25, 0.3) is 5.91 Å². The number of thioether (sulfide) groups is 1. The molecule has 1 aliphatic carbocycles. The molecule has 1 aliphatic rings. The monoisotopic (exact) mass is 597 g/mol. The lowest BCUT2D eigenvalue weighted by Gasteiger charge is -2.08. The van der Waals surface area contributed by atoms with E-state index in [1.807, 2.05) is 72.9 Å². The number of benzene rings is 3. The Morgan fingerprint density at radius 3 is 2.67 bits per heavy atom. The summed E-state index contributed by atoms with van der Waals surface area (Å²) in [6, 6.07) is 21.8. The third-order valence-electron chi connectivity index (χ3n) is 7.41. The van der Waals surface area contributed by atoms with Crippen LogP contribution >= 0.6 is 23.1 Å². The lowest BCUT2D eigenvalue weighted by atomic mass is 10.1. The number of nitrogens with one attached hydrogen (secondary N) is 2. The SMILES string of the molecule is CCOC(=O)c1c(NC(=O)CSc2cn(CCNC(=O)c3ccc4ccccc4c3)c3ccccc23)sc2c1CCC2. The Balaban J connectivity index is 1.10. The Labute approximate surface area is 252 Å². The number of esters is 1. The van der Waals surface area contributed by atoms with Crippen molar-refractivity contribution >= 4 is 67.6 Å². The first-order valence-electron chi connectivity index (χ1n) is 14.1. The van der Waals surface area contributed by atoms with Crippen molar-refractivity contribution in [2.75, 3.05) is 24.2 Å². The van der Waals surface area contributed by atoms with Gasteiger partial charge in [-0.15, -0.1) is 23.1 Å². The smallest absolute Gasteiger partial charge is 0.341 e. The van der Waals surface area contributed by atoms with Gasteiger partial charge in [-0.25, -0.2) is 4.79 Å². The molecule has 0 saturated carbocycles. The maximum Gasteiger partial charge on any atom is 0.341 e. The van der Waals surface area contributed by atoms with Crippen LogP contribution in [0.25, 0.3) is 21.7 Å². The van der Waals surface area contributed by atoms with Crippen molar-refractivity contribution in [1.29, 1.82) is 0 Å². The Morgan fingerprint density at radius 2 is 1.81 bits per heavy atom. The third-order valence-corrected chi connectivity index (χ3v) is 9.66. The van der Waals surface area contributed by atoms with Gasteiger partial charge in [-0.1, -0.05) is 48.5 Å². The standard InChI is InChI=1S/C33H31N3O4S2/c1-2-40-33(39)30-25-11-7-13-27(25)42-32(30)35-29(37)20-41-28-19-36(26-12-6-5-10-24(26)28)17-16-34-31(38)23-15-14-21-8-3-4-9-22(21)18-23/h3-6,8-10,12,14-15,18-19H,2,7,11,13,16-17,20H2,1H3,(H,34,38)(H,35,37). The van der Waals surface area contributed by atoms with E-state index in [2.05, 4.69) is 15.2 Å². The van der Waals surface area contributed by atoms with E-state index in [4.69, 9.17) is 4.74 Å². The van der Waals surface area contributed by atoms with Crippen molar-refractivity contribution in [2.24, 2.45) is 0 Å². The van der Waals surface area contributed by atoms with E-state index in [-0.39, 0.29) is 23.5 Å². The number of fused-ring (bicyclic) bond motifs is 3. The van der Waals surface area contributed by atoms with Crippen LogP contribution in [0.15, 0.2) is 77.8 Å². The van der Waals surface area contributed by atoms with E-state index in [9.17, 15) is 14.4 Å². The molecule has 5 aromatic rings. The molecule has 9 heteroatoms. The zero-order valence-electron chi connectivity index (χ0n) is 23.3. The number of amides is 2. The maximum atomic E-state index is 13.0. The van der Waals surface area contributed by atoms with Crippen LogP contribution in [0.4, 0.5) is 5.00 Å². The second kappa shape index (κ2) is 12.4. The summed E-state index contributed by atoms with van der Waals surface area (Å²) >= 11 is 2.95. The number of nitrogens with zero attached hydrogens (tertiary/aromatic N) is 1. The Kier molecular flexibility index (Phi) is 8.30. The number of hydrogen-bond donors (Lipinski definition) is 2. The first-order chi connectivity index (χ1) is 20.5. The average molecular weight is 598 g/mol. The minimum atomic E-state index is -0.365. The highest BCUT2D eigenvalue weighted by molar-refractivity contribution is 8.00. The first kappa shape index (κ1) is 28.1. The summed E-state index contributed by atoms with van der Waals surface area (Å²) in [5, 5.41) is 9.80. The molecular weight excluding hydrogens is 567 g/mol. The fourth-order valence-corrected chi connectivity index (χ4v) is 7.64. The fraction of sp³-hybridized carbons (Fsp3) is 0.242. The summed E-state index contributed by atoms with van der Waals surface area (Å²) < 4.78 is 7.40. The van der Waals surface area contributed by atoms with Gasteiger partial charge in [0.2, 0.25) is 5.91 Å². The zero-order chi connectivity index (χ0) is 29.1. The third kappa shape index (κ3) is 5.80. The van der Waals surface area contributed by atoms with Crippen molar-refractivity contribution in [2.45, 2.75) is 37.6 Å². The highest BCUT2D eigenvalue weighted by Crippen LogP contribution is 2.40. The average Bonchev–Trinajstić information content (AvgIpc) is 3.69. The second-order valence-electron chi connectivity index (χ2n) is 10.1. The molecule has 0 fully saturated rings. The van der Waals surface area contributed by atoms with E-state index in [1.165, 1.54) is 23.1 Å². The predicted molar refractivity (Wildman–Crippen MR) is 170 cm³/mol. The first-order valence-corrected chi connectivity index (χ1v) is 15.9. The molecule has 42 heavy (non-hydrogen) atoms. The number of rotatable bonds is 10. The lowest BCUT2D eigenvalue weighted by Crippen LogP contribution is -2.27. The van der Waals surface area contributed by atoms with Gasteiger partial charge in [-0.05, 0) is 60.7 Å². The Bertz CT molecular complexity index is 1810. The Morgan fingerprint density at radius 1 is 1.00 bits per heavy atom. The van der Waals surface area contributed by atoms with Crippen LogP contribution in [0.3, 0.4) is 0 Å². The van der Waals surface area contributed by atoms with Crippen LogP contribution < -0.4 is 10.6 Å². The van der Waals surface area contributed by atoms with Crippen molar-refractivity contribution < 1.29 is 19.1 Å². The van der Waals surface area contributed by atoms with Crippen molar-refractivity contribution in [3.05, 3.63) is 94.5 Å². The quantitative estimate of drug-likeness (QED) is 0.138. The Hall–Kier alpha value is -4.08. The second-order valence-corrected chi connectivity index (χ2v) is 12.3. The molecule has 2 N–H and O–H groups in total. The molecule has 2 amide bonds. The number of carbonyl (C=O) groups excluding carboxylic acids is 3. The molecule has 0 spiro atoms. The molecular formula is C33H31N3O4S2. The molecule has 7 nitrogen and oxygen atoms in total. The number of hydrogen-bond acceptors (Lipinski definition) is 6. The number of ether oxygens (including phenoxy) is 1. The van der Waals surface area contributed by atoms with Crippen LogP contribution in [-0.4, -0.2) is 41.3 Å². The number of thiophene rings is 1. The number of anilines is 1. The summed E-state index contributed by atoms with van der Waals surface area (Å²) in [5.74, 6) is -0.428. The summed E-state index contributed by atoms with van der Waals surface area (Å²) in [5.41, 5.74) is 3.22. The normalized spacial score (nSPS) is 12.4. The van der Waals surface area contributed by atoms with Crippen molar-refractivity contribution in [3.8, 4) is 0 Å². The molecule has 0 unspecified atom stereocenters. The van der Waals surface area contributed by atoms with Crippen molar-refractivity contribution in [3.63, 3.8) is 0 Å². The van der Waals surface area contributed by atoms with E-state index in [0.29, 0.717) is 35.8 Å². The van der Waals surface area contributed by atoms with Gasteiger partial charge < -0.3 is 19.9 Å². The summed E-state index contributed by atoms with van der Waals surface area (Å²) in [4.78, 5) is 40.7. The maximum absolute atomic E-state index is 13.0. The number of para-hydroxylation sites is 1. The van der Waals surface area contributed by atoms with E-state index in [1.54, 1.807) is 6.92 Å². The molecule has 3 aromatic carbocycles. The van der Waals surface area contributed by atoms with Crippen LogP contribution in [0.5, 0.6) is 0 Å². The molecule has 0 saturated heterocycles. The van der Waals surface area contributed by atoms with Gasteiger partial charge in [0.1, 0.15) is 5.00 Å². The molecule has 2 aromatic heterocycles. The lowest BCUT2D eigenvalue weighted by molar-refractivity contribution is -0.113. The van der Waals surface area contributed by atoms with Gasteiger partial charge in [0.15, 0.2) is 0 Å². The largest absolute Gasteiger partial charge is 0.462 e. The molecule has 0 radical (unpaired) electrons. The van der Waals surface area contributed by atoms with E-state index < -0.39 is 0 Å². The molecule has 0 aliphatic heterocycles. The van der Waals surface area contributed by atoms with Crippen LogP contribution in [0.2, 0.25) is 0 Å². The number of aromatic nitrogens is 1. The molecule has 2 heterocycles. The van der Waals surface area contributed by atoms with Gasteiger partial charge >= 0.3 is 5.97 Å². The minimum absolute atomic E-state index is 0.106. The summed E-state index contributed by atoms with van der Waals surface area (Å²) in [6.07, 6.45) is 4.83. The number of aryl methyl sites for hydroxylation is 1. The van der Waals surface area contributed by atoms with Gasteiger partial charge in [0, 0.05) is 45.5 Å². The van der Waals surface area contributed by atoms with Gasteiger partial charge in [-0.3, -0.25) is 9.59 Å². The zero-order valence-corrected chi connectivity index (χ0v) is 24.9. The predicted octanol–water partition coefficient (Wildman–Crippen LogP) is 6.68. The van der Waals surface area contributed by atoms with E-state index >= 15 is 0 Å². The number of carbonyl (C=O) groups is 3. The van der Waals surface area contributed by atoms with Gasteiger partial charge in [-0.2, -0.15) is 0 Å². The topological polar surface area (TPSA) is 89.4 Å². The molecule has 214 valence electrons. The highest BCUT2D eigenvalue weighted by atomic mass is 32.2. The summed E-state index contributed by atoms with van der Waals surface area (Å²) in [7, 11) is 0. The molecule has 6 rings (SSSR count). The van der Waals surface area contributed by atoms with Crippen LogP contribution in [0.1, 0.15) is 44.5 Å². The van der Waals surface area contributed by atoms with E-state index in [0.717, 1.165) is 56.3 Å². The highest BCUT2D eigenvalue weighted by Gasteiger charge is 2.28. The molecule has 0 bridgehead atoms. The fourth-order valence-electron chi connectivity index (χ4n) is 5.45. The van der Waals surface area contributed by atoms with Crippen LogP contribution in [-0.2, 0) is 28.9 Å². The minimum Gasteiger partial charge on any atom is -0.462 e. The molecule has 0 atom stereocenters.